The highest BCUT2D eigenvalue weighted by Gasteiger charge is 2.11. The molecule has 0 saturated heterocycles. The van der Waals surface area contributed by atoms with E-state index in [4.69, 9.17) is 5.11 Å². The smallest absolute Gasteiger partial charge is 0.336 e. The summed E-state index contributed by atoms with van der Waals surface area (Å²) in [5, 5.41) is 13.0. The topological polar surface area (TPSA) is 55.1 Å². The molecule has 5 heteroatoms. The maximum Gasteiger partial charge on any atom is 0.336 e. The molecular weight excluding hydrogens is 223 g/mol. The molecule has 2 aromatic rings. The molecule has 4 nitrogen and oxygen atoms in total. The molecule has 1 N–H and O–H groups in total. The second-order valence-corrected chi connectivity index (χ2v) is 3.82. The van der Waals surface area contributed by atoms with E-state index >= 15 is 0 Å². The first kappa shape index (κ1) is 11.3. The second kappa shape index (κ2) is 4.37. The Bertz CT molecular complexity index is 563. The van der Waals surface area contributed by atoms with Gasteiger partial charge in [0.2, 0.25) is 0 Å². The standard InChI is InChI=1S/C12H11FN2O2/c1-8-5-14-15(6-8)7-9-4-10(13)2-3-11(9)12(16)17/h2-6H,7H2,1H3,(H,16,17). The molecule has 0 radical (unpaired) electrons. The van der Waals surface area contributed by atoms with Gasteiger partial charge in [0.25, 0.3) is 0 Å². The zero-order chi connectivity index (χ0) is 12.4. The molecule has 0 aliphatic heterocycles. The van der Waals surface area contributed by atoms with Crippen LogP contribution in [0.1, 0.15) is 21.5 Å². The van der Waals surface area contributed by atoms with Crippen LogP contribution in [0, 0.1) is 12.7 Å². The highest BCUT2D eigenvalue weighted by molar-refractivity contribution is 5.89. The fraction of sp³-hybridized carbons (Fsp3) is 0.167. The summed E-state index contributed by atoms with van der Waals surface area (Å²) >= 11 is 0. The summed E-state index contributed by atoms with van der Waals surface area (Å²) in [6.45, 7) is 2.13. The van der Waals surface area contributed by atoms with Crippen LogP contribution in [0.5, 0.6) is 0 Å². The number of aryl methyl sites for hydroxylation is 1. The lowest BCUT2D eigenvalue weighted by Crippen LogP contribution is -2.08. The number of carbonyl (C=O) groups is 1. The number of rotatable bonds is 3. The average molecular weight is 234 g/mol. The summed E-state index contributed by atoms with van der Waals surface area (Å²) in [6, 6.07) is 3.63. The molecule has 1 aromatic heterocycles. The Balaban J connectivity index is 2.37. The molecule has 17 heavy (non-hydrogen) atoms. The molecular formula is C12H11FN2O2. The molecule has 2 rings (SSSR count). The molecule has 0 atom stereocenters. The quantitative estimate of drug-likeness (QED) is 0.884. The Labute approximate surface area is 97.3 Å². The highest BCUT2D eigenvalue weighted by atomic mass is 19.1. The predicted molar refractivity (Wildman–Crippen MR) is 59.4 cm³/mol. The first-order valence-corrected chi connectivity index (χ1v) is 5.07. The number of carboxylic acids is 1. The molecule has 0 aliphatic carbocycles. The van der Waals surface area contributed by atoms with E-state index < -0.39 is 11.8 Å². The van der Waals surface area contributed by atoms with Crippen LogP contribution in [0.15, 0.2) is 30.6 Å². The normalized spacial score (nSPS) is 10.5. The fourth-order valence-corrected chi connectivity index (χ4v) is 1.63. The Morgan fingerprint density at radius 2 is 2.29 bits per heavy atom. The minimum atomic E-state index is -1.07. The van der Waals surface area contributed by atoms with Crippen LogP contribution in [0.4, 0.5) is 4.39 Å². The fourth-order valence-electron chi connectivity index (χ4n) is 1.63. The van der Waals surface area contributed by atoms with Crippen molar-refractivity contribution in [2.24, 2.45) is 0 Å². The third-order valence-corrected chi connectivity index (χ3v) is 2.39. The largest absolute Gasteiger partial charge is 0.478 e. The number of aromatic nitrogens is 2. The summed E-state index contributed by atoms with van der Waals surface area (Å²) in [6.07, 6.45) is 3.44. The van der Waals surface area contributed by atoms with Crippen molar-refractivity contribution < 1.29 is 14.3 Å². The molecule has 0 spiro atoms. The van der Waals surface area contributed by atoms with Gasteiger partial charge >= 0.3 is 5.97 Å². The van der Waals surface area contributed by atoms with Gasteiger partial charge in [-0.3, -0.25) is 4.68 Å². The van der Waals surface area contributed by atoms with Crippen LogP contribution in [0.3, 0.4) is 0 Å². The second-order valence-electron chi connectivity index (χ2n) is 3.82. The molecule has 0 saturated carbocycles. The predicted octanol–water partition coefficient (Wildman–Crippen LogP) is 2.08. The summed E-state index contributed by atoms with van der Waals surface area (Å²) in [5.41, 5.74) is 1.47. The molecule has 1 heterocycles. The first-order chi connectivity index (χ1) is 8.06. The minimum Gasteiger partial charge on any atom is -0.478 e. The van der Waals surface area contributed by atoms with Crippen molar-refractivity contribution in [3.8, 4) is 0 Å². The van der Waals surface area contributed by atoms with E-state index in [2.05, 4.69) is 5.10 Å². The maximum atomic E-state index is 13.1. The van der Waals surface area contributed by atoms with Crippen LogP contribution >= 0.6 is 0 Å². The van der Waals surface area contributed by atoms with Crippen LogP contribution in [-0.2, 0) is 6.54 Å². The number of nitrogens with zero attached hydrogens (tertiary/aromatic N) is 2. The number of benzene rings is 1. The van der Waals surface area contributed by atoms with Crippen LogP contribution < -0.4 is 0 Å². The van der Waals surface area contributed by atoms with E-state index in [0.29, 0.717) is 5.56 Å². The van der Waals surface area contributed by atoms with E-state index in [1.807, 2.05) is 6.92 Å². The van der Waals surface area contributed by atoms with Gasteiger partial charge in [0.15, 0.2) is 0 Å². The number of aromatic carboxylic acids is 1. The number of carboxylic acid groups (broad SMARTS) is 1. The molecule has 0 fully saturated rings. The van der Waals surface area contributed by atoms with Crippen LogP contribution in [0.25, 0.3) is 0 Å². The van der Waals surface area contributed by atoms with Crippen molar-refractivity contribution >= 4 is 5.97 Å². The summed E-state index contributed by atoms with van der Waals surface area (Å²) in [7, 11) is 0. The van der Waals surface area contributed by atoms with Gasteiger partial charge in [0.05, 0.1) is 18.3 Å². The third kappa shape index (κ3) is 2.50. The van der Waals surface area contributed by atoms with Gasteiger partial charge in [0, 0.05) is 6.20 Å². The highest BCUT2D eigenvalue weighted by Crippen LogP contribution is 2.13. The third-order valence-electron chi connectivity index (χ3n) is 2.39. The van der Waals surface area contributed by atoms with Gasteiger partial charge in [-0.15, -0.1) is 0 Å². The van der Waals surface area contributed by atoms with Crippen molar-refractivity contribution in [2.45, 2.75) is 13.5 Å². The van der Waals surface area contributed by atoms with Crippen LogP contribution in [-0.4, -0.2) is 20.9 Å². The number of halogens is 1. The van der Waals surface area contributed by atoms with E-state index in [1.165, 1.54) is 12.1 Å². The van der Waals surface area contributed by atoms with Crippen molar-refractivity contribution in [1.29, 1.82) is 0 Å². The first-order valence-electron chi connectivity index (χ1n) is 5.07. The van der Waals surface area contributed by atoms with Gasteiger partial charge in [0.1, 0.15) is 5.82 Å². The number of hydrogen-bond acceptors (Lipinski definition) is 2. The zero-order valence-corrected chi connectivity index (χ0v) is 9.22. The molecule has 88 valence electrons. The van der Waals surface area contributed by atoms with Crippen molar-refractivity contribution in [3.63, 3.8) is 0 Å². The Morgan fingerprint density at radius 3 is 2.88 bits per heavy atom. The van der Waals surface area contributed by atoms with Crippen molar-refractivity contribution in [2.75, 3.05) is 0 Å². The Kier molecular flexibility index (Phi) is 2.91. The van der Waals surface area contributed by atoms with E-state index in [0.717, 1.165) is 11.6 Å². The summed E-state index contributed by atoms with van der Waals surface area (Å²) < 4.78 is 14.7. The van der Waals surface area contributed by atoms with Gasteiger partial charge in [-0.2, -0.15) is 5.10 Å². The number of hydrogen-bond donors (Lipinski definition) is 1. The Morgan fingerprint density at radius 1 is 1.53 bits per heavy atom. The zero-order valence-electron chi connectivity index (χ0n) is 9.22. The van der Waals surface area contributed by atoms with Gasteiger partial charge in [-0.05, 0) is 36.2 Å². The lowest BCUT2D eigenvalue weighted by molar-refractivity contribution is 0.0695. The molecule has 0 aliphatic rings. The van der Waals surface area contributed by atoms with E-state index in [9.17, 15) is 9.18 Å². The van der Waals surface area contributed by atoms with E-state index in [1.54, 1.807) is 17.1 Å². The SMILES string of the molecule is Cc1cnn(Cc2cc(F)ccc2C(=O)O)c1. The van der Waals surface area contributed by atoms with Crippen LogP contribution in [0.2, 0.25) is 0 Å². The molecule has 0 unspecified atom stereocenters. The summed E-state index contributed by atoms with van der Waals surface area (Å²) in [4.78, 5) is 11.0. The monoisotopic (exact) mass is 234 g/mol. The van der Waals surface area contributed by atoms with Gasteiger partial charge < -0.3 is 5.11 Å². The Hall–Kier alpha value is -2.17. The summed E-state index contributed by atoms with van der Waals surface area (Å²) in [5.74, 6) is -1.52. The van der Waals surface area contributed by atoms with Crippen molar-refractivity contribution in [3.05, 3.63) is 53.1 Å². The van der Waals surface area contributed by atoms with E-state index in [-0.39, 0.29) is 12.1 Å². The van der Waals surface area contributed by atoms with Gasteiger partial charge in [-0.1, -0.05) is 0 Å². The average Bonchev–Trinajstić information content (AvgIpc) is 2.63. The molecule has 0 bridgehead atoms. The maximum absolute atomic E-state index is 13.1. The van der Waals surface area contributed by atoms with Gasteiger partial charge in [-0.25, -0.2) is 9.18 Å². The lowest BCUT2D eigenvalue weighted by Gasteiger charge is -2.06. The lowest BCUT2D eigenvalue weighted by atomic mass is 10.1. The van der Waals surface area contributed by atoms with Crippen molar-refractivity contribution in [1.82, 2.24) is 9.78 Å². The minimum absolute atomic E-state index is 0.0968. The molecule has 0 amide bonds. The molecule has 1 aromatic carbocycles.